The Bertz CT molecular complexity index is 376. The first kappa shape index (κ1) is 10.1. The molecule has 1 amide bonds. The minimum atomic E-state index is 0.111. The van der Waals surface area contributed by atoms with Gasteiger partial charge in [-0.15, -0.1) is 0 Å². The van der Waals surface area contributed by atoms with Gasteiger partial charge in [-0.25, -0.2) is 0 Å². The Morgan fingerprint density at radius 3 is 3.00 bits per heavy atom. The van der Waals surface area contributed by atoms with Gasteiger partial charge in [-0.3, -0.25) is 9.78 Å². The molecular formula is C11H15N3O. The van der Waals surface area contributed by atoms with E-state index in [1.165, 1.54) is 0 Å². The summed E-state index contributed by atoms with van der Waals surface area (Å²) in [5.41, 5.74) is 1.66. The van der Waals surface area contributed by atoms with E-state index in [9.17, 15) is 4.79 Å². The first-order chi connectivity index (χ1) is 7.18. The van der Waals surface area contributed by atoms with Crippen LogP contribution in [-0.2, 0) is 6.54 Å². The average Bonchev–Trinajstić information content (AvgIpc) is 2.54. The number of likely N-dealkylation sites (N-methyl/N-ethyl adjacent to an activating group) is 1. The Morgan fingerprint density at radius 2 is 2.33 bits per heavy atom. The molecule has 2 rings (SSSR count). The number of fused-ring (bicyclic) bond motifs is 1. The number of carbonyl (C=O) groups is 1. The van der Waals surface area contributed by atoms with Crippen molar-refractivity contribution in [1.82, 2.24) is 14.8 Å². The topological polar surface area (TPSA) is 36.4 Å². The van der Waals surface area contributed by atoms with E-state index in [0.717, 1.165) is 24.3 Å². The van der Waals surface area contributed by atoms with Gasteiger partial charge in [0.1, 0.15) is 0 Å². The first-order valence-electron chi connectivity index (χ1n) is 5.06. The van der Waals surface area contributed by atoms with Crippen LogP contribution in [0, 0.1) is 0 Å². The molecular weight excluding hydrogens is 190 g/mol. The number of pyridine rings is 1. The molecule has 0 fully saturated rings. The monoisotopic (exact) mass is 205 g/mol. The van der Waals surface area contributed by atoms with Crippen LogP contribution in [0.1, 0.15) is 16.1 Å². The minimum Gasteiger partial charge on any atom is -0.331 e. The highest BCUT2D eigenvalue weighted by atomic mass is 16.2. The van der Waals surface area contributed by atoms with Crippen LogP contribution in [0.3, 0.4) is 0 Å². The second-order valence-electron chi connectivity index (χ2n) is 4.03. The lowest BCUT2D eigenvalue weighted by Crippen LogP contribution is -2.31. The third kappa shape index (κ3) is 1.99. The van der Waals surface area contributed by atoms with E-state index in [-0.39, 0.29) is 5.91 Å². The Morgan fingerprint density at radius 1 is 1.53 bits per heavy atom. The Labute approximate surface area is 89.5 Å². The fourth-order valence-corrected chi connectivity index (χ4v) is 1.68. The molecule has 4 nitrogen and oxygen atoms in total. The summed E-state index contributed by atoms with van der Waals surface area (Å²) in [6.45, 7) is 2.31. The lowest BCUT2D eigenvalue weighted by atomic mass is 10.2. The van der Waals surface area contributed by atoms with E-state index in [0.29, 0.717) is 6.54 Å². The molecule has 0 N–H and O–H groups in total. The standard InChI is InChI=1S/C11H15N3O/c1-13(2)6-7-14-8-10-9(11(14)15)4-3-5-12-10/h3-5H,6-8H2,1-2H3. The van der Waals surface area contributed by atoms with Gasteiger partial charge in [-0.05, 0) is 26.2 Å². The van der Waals surface area contributed by atoms with E-state index in [1.54, 1.807) is 6.20 Å². The summed E-state index contributed by atoms with van der Waals surface area (Å²) in [6.07, 6.45) is 1.74. The molecule has 0 aliphatic carbocycles. The third-order valence-electron chi connectivity index (χ3n) is 2.57. The van der Waals surface area contributed by atoms with Gasteiger partial charge in [0.05, 0.1) is 17.8 Å². The highest BCUT2D eigenvalue weighted by Gasteiger charge is 2.27. The Balaban J connectivity index is 2.07. The molecule has 1 aliphatic rings. The van der Waals surface area contributed by atoms with Gasteiger partial charge in [0, 0.05) is 19.3 Å². The SMILES string of the molecule is CN(C)CCN1Cc2ncccc2C1=O. The molecule has 0 saturated carbocycles. The van der Waals surface area contributed by atoms with Crippen LogP contribution in [0.4, 0.5) is 0 Å². The highest BCUT2D eigenvalue weighted by Crippen LogP contribution is 2.19. The summed E-state index contributed by atoms with van der Waals surface area (Å²) in [4.78, 5) is 20.0. The van der Waals surface area contributed by atoms with Crippen molar-refractivity contribution in [3.05, 3.63) is 29.6 Å². The Hall–Kier alpha value is -1.42. The number of carbonyl (C=O) groups excluding carboxylic acids is 1. The molecule has 0 spiro atoms. The second kappa shape index (κ2) is 3.98. The number of hydrogen-bond acceptors (Lipinski definition) is 3. The number of nitrogens with zero attached hydrogens (tertiary/aromatic N) is 3. The van der Waals surface area contributed by atoms with E-state index < -0.39 is 0 Å². The van der Waals surface area contributed by atoms with Gasteiger partial charge in [0.2, 0.25) is 0 Å². The van der Waals surface area contributed by atoms with Crippen LogP contribution >= 0.6 is 0 Å². The van der Waals surface area contributed by atoms with Crippen molar-refractivity contribution in [2.24, 2.45) is 0 Å². The molecule has 0 bridgehead atoms. The molecule has 1 aromatic rings. The fourth-order valence-electron chi connectivity index (χ4n) is 1.68. The van der Waals surface area contributed by atoms with Gasteiger partial charge in [-0.2, -0.15) is 0 Å². The van der Waals surface area contributed by atoms with Crippen molar-refractivity contribution in [3.63, 3.8) is 0 Å². The van der Waals surface area contributed by atoms with Crippen molar-refractivity contribution >= 4 is 5.91 Å². The molecule has 1 aromatic heterocycles. The van der Waals surface area contributed by atoms with Crippen molar-refractivity contribution in [3.8, 4) is 0 Å². The van der Waals surface area contributed by atoms with Gasteiger partial charge in [0.15, 0.2) is 0 Å². The zero-order chi connectivity index (χ0) is 10.8. The molecule has 80 valence electrons. The van der Waals surface area contributed by atoms with Crippen molar-refractivity contribution < 1.29 is 4.79 Å². The summed E-state index contributed by atoms with van der Waals surface area (Å²) in [7, 11) is 4.01. The average molecular weight is 205 g/mol. The zero-order valence-corrected chi connectivity index (χ0v) is 9.10. The smallest absolute Gasteiger partial charge is 0.256 e. The molecule has 4 heteroatoms. The second-order valence-corrected chi connectivity index (χ2v) is 4.03. The number of rotatable bonds is 3. The molecule has 0 unspecified atom stereocenters. The molecule has 15 heavy (non-hydrogen) atoms. The van der Waals surface area contributed by atoms with Gasteiger partial charge in [0.25, 0.3) is 5.91 Å². The number of aromatic nitrogens is 1. The van der Waals surface area contributed by atoms with Crippen LogP contribution < -0.4 is 0 Å². The van der Waals surface area contributed by atoms with Gasteiger partial charge >= 0.3 is 0 Å². The minimum absolute atomic E-state index is 0.111. The molecule has 0 radical (unpaired) electrons. The van der Waals surface area contributed by atoms with E-state index >= 15 is 0 Å². The Kier molecular flexibility index (Phi) is 2.68. The van der Waals surface area contributed by atoms with Crippen LogP contribution in [0.5, 0.6) is 0 Å². The predicted octanol–water partition coefficient (Wildman–Crippen LogP) is 0.599. The van der Waals surface area contributed by atoms with Crippen LogP contribution in [0.15, 0.2) is 18.3 Å². The maximum absolute atomic E-state index is 11.9. The third-order valence-corrected chi connectivity index (χ3v) is 2.57. The highest BCUT2D eigenvalue weighted by molar-refractivity contribution is 5.97. The van der Waals surface area contributed by atoms with E-state index in [2.05, 4.69) is 9.88 Å². The molecule has 0 saturated heterocycles. The van der Waals surface area contributed by atoms with E-state index in [4.69, 9.17) is 0 Å². The lowest BCUT2D eigenvalue weighted by Gasteiger charge is -2.18. The summed E-state index contributed by atoms with van der Waals surface area (Å²) >= 11 is 0. The van der Waals surface area contributed by atoms with Gasteiger partial charge in [-0.1, -0.05) is 0 Å². The zero-order valence-electron chi connectivity index (χ0n) is 9.10. The van der Waals surface area contributed by atoms with Crippen LogP contribution in [0.2, 0.25) is 0 Å². The normalized spacial score (nSPS) is 14.9. The molecule has 2 heterocycles. The fraction of sp³-hybridized carbons (Fsp3) is 0.455. The summed E-state index contributed by atoms with van der Waals surface area (Å²) < 4.78 is 0. The summed E-state index contributed by atoms with van der Waals surface area (Å²) in [5, 5.41) is 0. The number of hydrogen-bond donors (Lipinski definition) is 0. The van der Waals surface area contributed by atoms with E-state index in [1.807, 2.05) is 31.1 Å². The quantitative estimate of drug-likeness (QED) is 0.725. The maximum Gasteiger partial charge on any atom is 0.256 e. The first-order valence-corrected chi connectivity index (χ1v) is 5.06. The van der Waals surface area contributed by atoms with Crippen LogP contribution in [-0.4, -0.2) is 47.9 Å². The molecule has 1 aliphatic heterocycles. The summed E-state index contributed by atoms with van der Waals surface area (Å²) in [6, 6.07) is 3.66. The van der Waals surface area contributed by atoms with Crippen LogP contribution in [0.25, 0.3) is 0 Å². The molecule has 0 atom stereocenters. The summed E-state index contributed by atoms with van der Waals surface area (Å²) in [5.74, 6) is 0.111. The number of amides is 1. The van der Waals surface area contributed by atoms with Crippen molar-refractivity contribution in [2.75, 3.05) is 27.2 Å². The van der Waals surface area contributed by atoms with Crippen molar-refractivity contribution in [1.29, 1.82) is 0 Å². The maximum atomic E-state index is 11.9. The van der Waals surface area contributed by atoms with Crippen molar-refractivity contribution in [2.45, 2.75) is 6.54 Å². The van der Waals surface area contributed by atoms with Gasteiger partial charge < -0.3 is 9.80 Å². The lowest BCUT2D eigenvalue weighted by molar-refractivity contribution is 0.0768. The predicted molar refractivity (Wildman–Crippen MR) is 57.5 cm³/mol. The molecule has 0 aromatic carbocycles. The largest absolute Gasteiger partial charge is 0.331 e.